The maximum Gasteiger partial charge on any atom is 0.246 e. The van der Waals surface area contributed by atoms with Gasteiger partial charge in [0, 0.05) is 56.9 Å². The molecule has 9 heteroatoms. The van der Waals surface area contributed by atoms with Crippen LogP contribution in [-0.4, -0.2) is 71.5 Å². The van der Waals surface area contributed by atoms with Crippen LogP contribution in [0.15, 0.2) is 17.4 Å². The first kappa shape index (κ1) is 20.9. The summed E-state index contributed by atoms with van der Waals surface area (Å²) in [5, 5.41) is 7.97. The molecule has 29 heavy (non-hydrogen) atoms. The molecule has 2 aliphatic heterocycles. The second-order valence-corrected chi connectivity index (χ2v) is 8.59. The molecule has 4 aliphatic rings. The highest BCUT2D eigenvalue weighted by molar-refractivity contribution is 14.0. The number of hydrogen-bond acceptors (Lipinski definition) is 4. The Labute approximate surface area is 189 Å². The van der Waals surface area contributed by atoms with Crippen LogP contribution in [0.4, 0.5) is 5.69 Å². The van der Waals surface area contributed by atoms with Crippen molar-refractivity contribution in [2.75, 3.05) is 37.7 Å². The SMILES string of the molecule is CCN=C(NC1C2CCOC2C12CCC2)N1CCN(c2cnn(C)c2)C(=O)C1.I. The lowest BCUT2D eigenvalue weighted by Gasteiger charge is -2.63. The van der Waals surface area contributed by atoms with Gasteiger partial charge in [0.1, 0.15) is 6.54 Å². The van der Waals surface area contributed by atoms with Crippen LogP contribution in [0.2, 0.25) is 0 Å². The van der Waals surface area contributed by atoms with Crippen molar-refractivity contribution in [1.29, 1.82) is 0 Å². The number of carbonyl (C=O) groups is 1. The highest BCUT2D eigenvalue weighted by atomic mass is 127. The van der Waals surface area contributed by atoms with Gasteiger partial charge in [-0.25, -0.2) is 0 Å². The fourth-order valence-corrected chi connectivity index (χ4v) is 5.66. The Morgan fingerprint density at radius 3 is 2.86 bits per heavy atom. The molecule has 1 spiro atoms. The molecule has 3 atom stereocenters. The van der Waals surface area contributed by atoms with Gasteiger partial charge in [0.05, 0.1) is 18.0 Å². The standard InChI is InChI=1S/C20H30N6O2.HI/c1-3-21-19(23-17-15-5-10-28-18(15)20(17)6-4-7-20)25-8-9-26(16(27)13-25)14-11-22-24(2)12-14;/h11-12,15,17-18H,3-10,13H2,1-2H3,(H,21,23);1H. The normalized spacial score (nSPS) is 30.5. The van der Waals surface area contributed by atoms with Crippen LogP contribution >= 0.6 is 24.0 Å². The van der Waals surface area contributed by atoms with Crippen LogP contribution in [0, 0.1) is 11.3 Å². The Balaban J connectivity index is 0.00000205. The number of nitrogens with zero attached hydrogens (tertiary/aromatic N) is 5. The molecule has 2 saturated carbocycles. The predicted molar refractivity (Wildman–Crippen MR) is 122 cm³/mol. The molecule has 1 aromatic heterocycles. The fraction of sp³-hybridized carbons (Fsp3) is 0.750. The molecular weight excluding hydrogens is 483 g/mol. The molecule has 4 fully saturated rings. The van der Waals surface area contributed by atoms with Gasteiger partial charge < -0.3 is 19.9 Å². The summed E-state index contributed by atoms with van der Waals surface area (Å²) >= 11 is 0. The lowest BCUT2D eigenvalue weighted by Crippen LogP contribution is -2.73. The van der Waals surface area contributed by atoms with Crippen molar-refractivity contribution in [1.82, 2.24) is 20.0 Å². The Kier molecular flexibility index (Phi) is 5.80. The summed E-state index contributed by atoms with van der Waals surface area (Å²) in [4.78, 5) is 21.5. The van der Waals surface area contributed by atoms with Crippen molar-refractivity contribution < 1.29 is 9.53 Å². The Morgan fingerprint density at radius 1 is 1.41 bits per heavy atom. The number of aryl methyl sites for hydroxylation is 1. The van der Waals surface area contributed by atoms with E-state index in [1.54, 1.807) is 10.9 Å². The van der Waals surface area contributed by atoms with Crippen LogP contribution in [0.25, 0.3) is 0 Å². The topological polar surface area (TPSA) is 75.0 Å². The van der Waals surface area contributed by atoms with Crippen molar-refractivity contribution in [2.24, 2.45) is 23.4 Å². The van der Waals surface area contributed by atoms with Gasteiger partial charge in [-0.15, -0.1) is 24.0 Å². The largest absolute Gasteiger partial charge is 0.377 e. The summed E-state index contributed by atoms with van der Waals surface area (Å²) in [7, 11) is 1.87. The first-order chi connectivity index (χ1) is 13.6. The number of piperazine rings is 1. The van der Waals surface area contributed by atoms with E-state index in [2.05, 4.69) is 22.2 Å². The number of guanidine groups is 1. The summed E-state index contributed by atoms with van der Waals surface area (Å²) in [5.41, 5.74) is 1.17. The van der Waals surface area contributed by atoms with Gasteiger partial charge >= 0.3 is 0 Å². The van der Waals surface area contributed by atoms with Crippen molar-refractivity contribution in [2.45, 2.75) is 44.8 Å². The number of halogens is 1. The molecular formula is C20H31IN6O2. The van der Waals surface area contributed by atoms with Gasteiger partial charge in [-0.2, -0.15) is 5.10 Å². The van der Waals surface area contributed by atoms with Crippen LogP contribution in [-0.2, 0) is 16.6 Å². The number of rotatable bonds is 3. The second kappa shape index (κ2) is 8.05. The van der Waals surface area contributed by atoms with Crippen molar-refractivity contribution in [3.05, 3.63) is 12.4 Å². The average molecular weight is 514 g/mol. The predicted octanol–water partition coefficient (Wildman–Crippen LogP) is 1.61. The molecule has 0 bridgehead atoms. The van der Waals surface area contributed by atoms with Crippen molar-refractivity contribution in [3.63, 3.8) is 0 Å². The van der Waals surface area contributed by atoms with Crippen LogP contribution in [0.5, 0.6) is 0 Å². The molecule has 3 heterocycles. The van der Waals surface area contributed by atoms with Crippen LogP contribution in [0.3, 0.4) is 0 Å². The minimum Gasteiger partial charge on any atom is -0.377 e. The highest BCUT2D eigenvalue weighted by Gasteiger charge is 2.66. The molecule has 160 valence electrons. The Hall–Kier alpha value is -1.36. The van der Waals surface area contributed by atoms with E-state index in [0.717, 1.165) is 31.2 Å². The van der Waals surface area contributed by atoms with E-state index in [9.17, 15) is 4.79 Å². The Bertz CT molecular complexity index is 792. The number of aliphatic imine (C=N–C) groups is 1. The molecule has 0 aromatic carbocycles. The third-order valence-corrected chi connectivity index (χ3v) is 7.15. The van der Waals surface area contributed by atoms with Gasteiger partial charge in [0.2, 0.25) is 5.91 Å². The number of nitrogens with one attached hydrogen (secondary N) is 1. The Morgan fingerprint density at radius 2 is 2.24 bits per heavy atom. The third kappa shape index (κ3) is 3.34. The maximum atomic E-state index is 12.8. The highest BCUT2D eigenvalue weighted by Crippen LogP contribution is 2.62. The fourth-order valence-electron chi connectivity index (χ4n) is 5.66. The molecule has 1 N–H and O–H groups in total. The number of ether oxygens (including phenoxy) is 1. The molecule has 8 nitrogen and oxygen atoms in total. The number of fused-ring (bicyclic) bond motifs is 2. The first-order valence-electron chi connectivity index (χ1n) is 10.6. The minimum atomic E-state index is 0. The summed E-state index contributed by atoms with van der Waals surface area (Å²) in [5.74, 6) is 1.58. The average Bonchev–Trinajstić information content (AvgIpc) is 3.25. The van der Waals surface area contributed by atoms with E-state index < -0.39 is 0 Å². The first-order valence-corrected chi connectivity index (χ1v) is 10.6. The summed E-state index contributed by atoms with van der Waals surface area (Å²) in [6, 6.07) is 0.436. The van der Waals surface area contributed by atoms with E-state index in [1.807, 2.05) is 18.1 Å². The number of carbonyl (C=O) groups excluding carboxylic acids is 1. The monoisotopic (exact) mass is 514 g/mol. The second-order valence-electron chi connectivity index (χ2n) is 8.59. The molecule has 2 saturated heterocycles. The lowest BCUT2D eigenvalue weighted by atomic mass is 9.46. The van der Waals surface area contributed by atoms with Gasteiger partial charge in [-0.1, -0.05) is 6.42 Å². The molecule has 1 aromatic rings. The van der Waals surface area contributed by atoms with Crippen LogP contribution in [0.1, 0.15) is 32.6 Å². The van der Waals surface area contributed by atoms with Crippen LogP contribution < -0.4 is 10.2 Å². The summed E-state index contributed by atoms with van der Waals surface area (Å²) < 4.78 is 7.78. The zero-order chi connectivity index (χ0) is 19.3. The number of amides is 1. The summed E-state index contributed by atoms with van der Waals surface area (Å²) in [6.45, 7) is 5.43. The molecule has 1 amide bonds. The molecule has 3 unspecified atom stereocenters. The van der Waals surface area contributed by atoms with E-state index >= 15 is 0 Å². The van der Waals surface area contributed by atoms with E-state index in [1.165, 1.54) is 19.3 Å². The van der Waals surface area contributed by atoms with Crippen molar-refractivity contribution >= 4 is 41.5 Å². The maximum absolute atomic E-state index is 12.8. The molecule has 2 aliphatic carbocycles. The van der Waals surface area contributed by atoms with Crippen molar-refractivity contribution in [3.8, 4) is 0 Å². The minimum absolute atomic E-state index is 0. The zero-order valence-corrected chi connectivity index (χ0v) is 19.5. The number of aromatic nitrogens is 2. The smallest absolute Gasteiger partial charge is 0.246 e. The lowest BCUT2D eigenvalue weighted by molar-refractivity contribution is -0.171. The number of hydrogen-bond donors (Lipinski definition) is 1. The third-order valence-electron chi connectivity index (χ3n) is 7.15. The molecule has 5 rings (SSSR count). The summed E-state index contributed by atoms with van der Waals surface area (Å²) in [6.07, 6.45) is 9.01. The van der Waals surface area contributed by atoms with Gasteiger partial charge in [-0.05, 0) is 26.2 Å². The van der Waals surface area contributed by atoms with Gasteiger partial charge in [0.15, 0.2) is 5.96 Å². The van der Waals surface area contributed by atoms with E-state index in [4.69, 9.17) is 9.73 Å². The van der Waals surface area contributed by atoms with E-state index in [0.29, 0.717) is 43.1 Å². The molecule has 0 radical (unpaired) electrons. The zero-order valence-electron chi connectivity index (χ0n) is 17.2. The van der Waals surface area contributed by atoms with E-state index in [-0.39, 0.29) is 29.9 Å². The van der Waals surface area contributed by atoms with Gasteiger partial charge in [0.25, 0.3) is 0 Å². The quantitative estimate of drug-likeness (QED) is 0.377. The van der Waals surface area contributed by atoms with Gasteiger partial charge in [-0.3, -0.25) is 14.5 Å². The number of anilines is 1.